The number of aliphatic hydroxyl groups is 1. The highest BCUT2D eigenvalue weighted by Gasteiger charge is 2.25. The zero-order valence-corrected chi connectivity index (χ0v) is 12.0. The van der Waals surface area contributed by atoms with Crippen LogP contribution in [0.15, 0.2) is 18.2 Å². The minimum absolute atomic E-state index is 0.00241. The van der Waals surface area contributed by atoms with Crippen LogP contribution < -0.4 is 9.47 Å². The van der Waals surface area contributed by atoms with Crippen LogP contribution in [-0.4, -0.2) is 49.3 Å². The fourth-order valence-electron chi connectivity index (χ4n) is 2.33. The molecular weight excluding hydrogens is 258 g/mol. The molecule has 0 radical (unpaired) electrons. The number of carbonyl (C=O) groups is 1. The van der Waals surface area contributed by atoms with E-state index in [1.165, 1.54) is 0 Å². The lowest BCUT2D eigenvalue weighted by Gasteiger charge is -2.17. The van der Waals surface area contributed by atoms with Gasteiger partial charge in [0.05, 0.1) is 7.11 Å². The summed E-state index contributed by atoms with van der Waals surface area (Å²) in [5.41, 5.74) is 1.07. The monoisotopic (exact) mass is 279 g/mol. The van der Waals surface area contributed by atoms with Crippen molar-refractivity contribution in [1.29, 1.82) is 0 Å². The Hall–Kier alpha value is -1.75. The summed E-state index contributed by atoms with van der Waals surface area (Å²) in [7, 11) is 1.58. The first-order valence-corrected chi connectivity index (χ1v) is 6.80. The van der Waals surface area contributed by atoms with Crippen molar-refractivity contribution in [2.75, 3.05) is 33.4 Å². The number of likely N-dealkylation sites (tertiary alicyclic amines) is 1. The highest BCUT2D eigenvalue weighted by molar-refractivity contribution is 5.78. The Labute approximate surface area is 119 Å². The predicted molar refractivity (Wildman–Crippen MR) is 75.0 cm³/mol. The minimum Gasteiger partial charge on any atom is -0.493 e. The third-order valence-electron chi connectivity index (χ3n) is 3.57. The number of carbonyl (C=O) groups excluding carboxylic acids is 1. The smallest absolute Gasteiger partial charge is 0.260 e. The molecule has 2 rings (SSSR count). The van der Waals surface area contributed by atoms with Crippen LogP contribution in [0.3, 0.4) is 0 Å². The van der Waals surface area contributed by atoms with Gasteiger partial charge in [0.1, 0.15) is 0 Å². The van der Waals surface area contributed by atoms with Gasteiger partial charge in [-0.25, -0.2) is 0 Å². The van der Waals surface area contributed by atoms with Crippen molar-refractivity contribution < 1.29 is 19.4 Å². The molecule has 1 atom stereocenters. The number of aryl methyl sites for hydroxylation is 1. The largest absolute Gasteiger partial charge is 0.493 e. The molecule has 1 heterocycles. The molecule has 1 saturated heterocycles. The zero-order valence-electron chi connectivity index (χ0n) is 12.0. The molecule has 5 nitrogen and oxygen atoms in total. The van der Waals surface area contributed by atoms with Crippen molar-refractivity contribution in [1.82, 2.24) is 4.90 Å². The Morgan fingerprint density at radius 1 is 1.45 bits per heavy atom. The molecule has 0 bridgehead atoms. The molecule has 1 unspecified atom stereocenters. The van der Waals surface area contributed by atoms with E-state index >= 15 is 0 Å². The van der Waals surface area contributed by atoms with E-state index in [4.69, 9.17) is 14.6 Å². The number of amides is 1. The lowest BCUT2D eigenvalue weighted by Crippen LogP contribution is -2.33. The predicted octanol–water partition coefficient (Wildman–Crippen LogP) is 1.22. The van der Waals surface area contributed by atoms with Crippen molar-refractivity contribution >= 4 is 5.91 Å². The number of methoxy groups -OCH3 is 1. The third-order valence-corrected chi connectivity index (χ3v) is 3.57. The Balaban J connectivity index is 1.90. The average Bonchev–Trinajstić information content (AvgIpc) is 2.94. The van der Waals surface area contributed by atoms with Gasteiger partial charge in [0.2, 0.25) is 0 Å². The van der Waals surface area contributed by atoms with Crippen LogP contribution in [0.4, 0.5) is 0 Å². The van der Waals surface area contributed by atoms with Crippen molar-refractivity contribution in [3.05, 3.63) is 23.8 Å². The molecule has 0 aromatic heterocycles. The second-order valence-corrected chi connectivity index (χ2v) is 5.12. The molecule has 0 spiro atoms. The molecule has 0 aliphatic carbocycles. The molecule has 20 heavy (non-hydrogen) atoms. The maximum atomic E-state index is 12.0. The summed E-state index contributed by atoms with van der Waals surface area (Å²) in [6.45, 7) is 3.41. The summed E-state index contributed by atoms with van der Waals surface area (Å²) >= 11 is 0. The Kier molecular flexibility index (Phi) is 4.84. The maximum Gasteiger partial charge on any atom is 0.260 e. The molecule has 1 aromatic carbocycles. The van der Waals surface area contributed by atoms with E-state index in [2.05, 4.69) is 0 Å². The van der Waals surface area contributed by atoms with E-state index < -0.39 is 0 Å². The van der Waals surface area contributed by atoms with Crippen LogP contribution in [0.2, 0.25) is 0 Å². The second kappa shape index (κ2) is 6.61. The summed E-state index contributed by atoms with van der Waals surface area (Å²) in [5, 5.41) is 9.08. The summed E-state index contributed by atoms with van der Waals surface area (Å²) in [4.78, 5) is 13.8. The summed E-state index contributed by atoms with van der Waals surface area (Å²) < 4.78 is 10.8. The van der Waals surface area contributed by atoms with Crippen LogP contribution in [0.25, 0.3) is 0 Å². The van der Waals surface area contributed by atoms with Gasteiger partial charge in [-0.3, -0.25) is 4.79 Å². The normalized spacial score (nSPS) is 18.1. The van der Waals surface area contributed by atoms with Gasteiger partial charge in [-0.05, 0) is 31.0 Å². The quantitative estimate of drug-likeness (QED) is 0.880. The van der Waals surface area contributed by atoms with Gasteiger partial charge < -0.3 is 19.5 Å². The molecule has 1 N–H and O–H groups in total. The van der Waals surface area contributed by atoms with Crippen molar-refractivity contribution in [3.8, 4) is 11.5 Å². The van der Waals surface area contributed by atoms with Gasteiger partial charge in [-0.15, -0.1) is 0 Å². The van der Waals surface area contributed by atoms with Gasteiger partial charge in [0.25, 0.3) is 5.91 Å². The molecule has 1 aromatic rings. The molecule has 0 saturated carbocycles. The van der Waals surface area contributed by atoms with Crippen LogP contribution in [0.5, 0.6) is 11.5 Å². The van der Waals surface area contributed by atoms with Gasteiger partial charge in [0, 0.05) is 25.6 Å². The lowest BCUT2D eigenvalue weighted by molar-refractivity contribution is -0.132. The van der Waals surface area contributed by atoms with Gasteiger partial charge in [-0.2, -0.15) is 0 Å². The summed E-state index contributed by atoms with van der Waals surface area (Å²) in [6.07, 6.45) is 0.857. The van der Waals surface area contributed by atoms with Crippen molar-refractivity contribution in [3.63, 3.8) is 0 Å². The molecule has 1 fully saturated rings. The molecule has 5 heteroatoms. The standard InChI is InChI=1S/C15H21NO4/c1-11-3-4-13(14(7-11)19-2)20-10-15(18)16-6-5-12(8-16)9-17/h3-4,7,12,17H,5-6,8-10H2,1-2H3. The van der Waals surface area contributed by atoms with Crippen LogP contribution in [0.1, 0.15) is 12.0 Å². The van der Waals surface area contributed by atoms with Crippen molar-refractivity contribution in [2.24, 2.45) is 5.92 Å². The highest BCUT2D eigenvalue weighted by atomic mass is 16.5. The number of ether oxygens (including phenoxy) is 2. The molecule has 1 amide bonds. The lowest BCUT2D eigenvalue weighted by atomic mass is 10.1. The number of hydrogen-bond acceptors (Lipinski definition) is 4. The first-order chi connectivity index (χ1) is 9.63. The fourth-order valence-corrected chi connectivity index (χ4v) is 2.33. The van der Waals surface area contributed by atoms with Crippen LogP contribution >= 0.6 is 0 Å². The molecular formula is C15H21NO4. The van der Waals surface area contributed by atoms with Crippen LogP contribution in [-0.2, 0) is 4.79 Å². The molecule has 1 aliphatic heterocycles. The topological polar surface area (TPSA) is 59.0 Å². The van der Waals surface area contributed by atoms with Crippen LogP contribution in [0, 0.1) is 12.8 Å². The van der Waals surface area contributed by atoms with Gasteiger partial charge >= 0.3 is 0 Å². The Morgan fingerprint density at radius 3 is 2.90 bits per heavy atom. The van der Waals surface area contributed by atoms with Crippen molar-refractivity contribution in [2.45, 2.75) is 13.3 Å². The van der Waals surface area contributed by atoms with E-state index in [1.807, 2.05) is 25.1 Å². The Bertz CT molecular complexity index is 475. The van der Waals surface area contributed by atoms with E-state index in [0.29, 0.717) is 24.6 Å². The van der Waals surface area contributed by atoms with Gasteiger partial charge in [-0.1, -0.05) is 6.07 Å². The fraction of sp³-hybridized carbons (Fsp3) is 0.533. The first kappa shape index (κ1) is 14.7. The van der Waals surface area contributed by atoms with E-state index in [-0.39, 0.29) is 25.0 Å². The number of rotatable bonds is 5. The van der Waals surface area contributed by atoms with E-state index in [1.54, 1.807) is 12.0 Å². The first-order valence-electron chi connectivity index (χ1n) is 6.80. The van der Waals surface area contributed by atoms with E-state index in [0.717, 1.165) is 12.0 Å². The third kappa shape index (κ3) is 3.42. The molecule has 110 valence electrons. The summed E-state index contributed by atoms with van der Waals surface area (Å²) in [6, 6.07) is 5.60. The molecule has 1 aliphatic rings. The number of aliphatic hydroxyl groups excluding tert-OH is 1. The Morgan fingerprint density at radius 2 is 2.25 bits per heavy atom. The summed E-state index contributed by atoms with van der Waals surface area (Å²) in [5.74, 6) is 1.35. The van der Waals surface area contributed by atoms with E-state index in [9.17, 15) is 4.79 Å². The zero-order chi connectivity index (χ0) is 14.5. The number of benzene rings is 1. The van der Waals surface area contributed by atoms with Gasteiger partial charge in [0.15, 0.2) is 18.1 Å². The maximum absolute atomic E-state index is 12.0. The SMILES string of the molecule is COc1cc(C)ccc1OCC(=O)N1CCC(CO)C1. The highest BCUT2D eigenvalue weighted by Crippen LogP contribution is 2.27. The minimum atomic E-state index is -0.0522. The average molecular weight is 279 g/mol. The second-order valence-electron chi connectivity index (χ2n) is 5.12. The number of nitrogens with zero attached hydrogens (tertiary/aromatic N) is 1. The number of hydrogen-bond donors (Lipinski definition) is 1.